The molecule has 7 nitrogen and oxygen atoms in total. The minimum atomic E-state index is -0.803. The van der Waals surface area contributed by atoms with Crippen molar-refractivity contribution in [1.82, 2.24) is 20.1 Å². The number of aromatic amines is 1. The van der Waals surface area contributed by atoms with E-state index < -0.39 is 11.4 Å². The summed E-state index contributed by atoms with van der Waals surface area (Å²) in [4.78, 5) is 30.9. The summed E-state index contributed by atoms with van der Waals surface area (Å²) in [6.45, 7) is 2.67. The number of aromatic nitrogens is 3. The Morgan fingerprint density at radius 1 is 1.32 bits per heavy atom. The van der Waals surface area contributed by atoms with Gasteiger partial charge in [-0.3, -0.25) is 14.7 Å². The van der Waals surface area contributed by atoms with E-state index in [1.54, 1.807) is 4.90 Å². The number of carboxylic acids is 1. The summed E-state index contributed by atoms with van der Waals surface area (Å²) in [6, 6.07) is 10.3. The molecule has 0 radical (unpaired) electrons. The van der Waals surface area contributed by atoms with Crippen molar-refractivity contribution in [3.05, 3.63) is 47.5 Å². The van der Waals surface area contributed by atoms with Crippen LogP contribution < -0.4 is 0 Å². The Labute approximate surface area is 164 Å². The maximum atomic E-state index is 12.8. The van der Waals surface area contributed by atoms with E-state index in [1.165, 1.54) is 5.56 Å². The van der Waals surface area contributed by atoms with Gasteiger partial charge in [0.1, 0.15) is 5.82 Å². The number of carbonyl (C=O) groups excluding carboxylic acids is 1. The zero-order valence-corrected chi connectivity index (χ0v) is 16.1. The highest BCUT2D eigenvalue weighted by molar-refractivity contribution is 5.81. The fraction of sp³-hybridized carbons (Fsp3) is 0.524. The van der Waals surface area contributed by atoms with Crippen LogP contribution in [-0.4, -0.2) is 50.2 Å². The highest BCUT2D eigenvalue weighted by atomic mass is 16.4. The predicted molar refractivity (Wildman–Crippen MR) is 103 cm³/mol. The molecule has 28 heavy (non-hydrogen) atoms. The smallest absolute Gasteiger partial charge is 0.311 e. The maximum Gasteiger partial charge on any atom is 0.311 e. The monoisotopic (exact) mass is 382 g/mol. The number of carboxylic acid groups (broad SMARTS) is 1. The molecule has 2 N–H and O–H groups in total. The number of benzene rings is 1. The molecule has 2 aromatic rings. The number of aliphatic carboxylic acids is 1. The molecule has 3 atom stereocenters. The molecule has 2 aliphatic rings. The van der Waals surface area contributed by atoms with Crippen molar-refractivity contribution >= 4 is 11.9 Å². The van der Waals surface area contributed by atoms with Gasteiger partial charge < -0.3 is 10.0 Å². The Morgan fingerprint density at radius 2 is 2.11 bits per heavy atom. The van der Waals surface area contributed by atoms with Gasteiger partial charge in [0.2, 0.25) is 5.91 Å². The van der Waals surface area contributed by atoms with Crippen molar-refractivity contribution in [2.45, 2.75) is 44.9 Å². The van der Waals surface area contributed by atoms with E-state index in [0.717, 1.165) is 18.7 Å². The Morgan fingerprint density at radius 3 is 2.79 bits per heavy atom. The molecular formula is C21H26N4O3. The standard InChI is InChI=1S/C21H26N4O3/c1-14-22-18(24-23-14)7-8-19(26)25-12-17-11-16(15-5-3-2-4-6-15)9-10-21(17,13-25)20(27)28/h2-6,16-17H,7-13H2,1H3,(H,27,28)(H,22,23,24)/t16-,17-,21-/m0/s1. The summed E-state index contributed by atoms with van der Waals surface area (Å²) < 4.78 is 0. The minimum Gasteiger partial charge on any atom is -0.481 e. The molecule has 1 aliphatic carbocycles. The van der Waals surface area contributed by atoms with Crippen LogP contribution in [0.25, 0.3) is 0 Å². The number of fused-ring (bicyclic) bond motifs is 1. The number of aryl methyl sites for hydroxylation is 2. The highest BCUT2D eigenvalue weighted by Gasteiger charge is 2.55. The van der Waals surface area contributed by atoms with Crippen molar-refractivity contribution in [1.29, 1.82) is 0 Å². The van der Waals surface area contributed by atoms with E-state index >= 15 is 0 Å². The van der Waals surface area contributed by atoms with Gasteiger partial charge in [-0.15, -0.1) is 0 Å². The van der Waals surface area contributed by atoms with Crippen LogP contribution in [0, 0.1) is 18.3 Å². The Bertz CT molecular complexity index is 866. The minimum absolute atomic E-state index is 0.00124. The second kappa shape index (κ2) is 7.37. The van der Waals surface area contributed by atoms with Crippen LogP contribution >= 0.6 is 0 Å². The quantitative estimate of drug-likeness (QED) is 0.828. The van der Waals surface area contributed by atoms with Gasteiger partial charge in [-0.05, 0) is 43.6 Å². The van der Waals surface area contributed by atoms with Crippen LogP contribution in [0.2, 0.25) is 0 Å². The van der Waals surface area contributed by atoms with E-state index in [-0.39, 0.29) is 11.8 Å². The number of hydrogen-bond donors (Lipinski definition) is 2. The normalized spacial score (nSPS) is 26.8. The molecule has 1 amide bonds. The summed E-state index contributed by atoms with van der Waals surface area (Å²) >= 11 is 0. The molecule has 0 bridgehead atoms. The molecule has 0 unspecified atom stereocenters. The Balaban J connectivity index is 1.45. The SMILES string of the molecule is Cc1nc(CCC(=O)N2C[C@@H]3C[C@@H](c4ccccc4)CC[C@]3(C(=O)O)C2)n[nH]1. The third kappa shape index (κ3) is 3.41. The van der Waals surface area contributed by atoms with Crippen molar-refractivity contribution in [3.63, 3.8) is 0 Å². The predicted octanol–water partition coefficient (Wildman–Crippen LogP) is 2.54. The first-order valence-corrected chi connectivity index (χ1v) is 9.92. The molecule has 1 aromatic heterocycles. The third-order valence-electron chi connectivity index (χ3n) is 6.46. The van der Waals surface area contributed by atoms with Gasteiger partial charge in [0.05, 0.1) is 5.41 Å². The summed E-state index contributed by atoms with van der Waals surface area (Å²) in [5, 5.41) is 16.9. The van der Waals surface area contributed by atoms with Gasteiger partial charge in [-0.2, -0.15) is 5.10 Å². The summed E-state index contributed by atoms with van der Waals surface area (Å²) in [5.41, 5.74) is 0.466. The van der Waals surface area contributed by atoms with Crippen LogP contribution in [0.1, 0.15) is 48.8 Å². The van der Waals surface area contributed by atoms with Crippen LogP contribution in [0.3, 0.4) is 0 Å². The van der Waals surface area contributed by atoms with Crippen molar-refractivity contribution in [2.75, 3.05) is 13.1 Å². The van der Waals surface area contributed by atoms with Crippen molar-refractivity contribution in [3.8, 4) is 0 Å². The van der Waals surface area contributed by atoms with Crippen LogP contribution in [0.4, 0.5) is 0 Å². The molecule has 1 saturated heterocycles. The fourth-order valence-corrected chi connectivity index (χ4v) is 4.90. The first-order chi connectivity index (χ1) is 13.5. The fourth-order valence-electron chi connectivity index (χ4n) is 4.90. The van der Waals surface area contributed by atoms with Crippen molar-refractivity contribution in [2.24, 2.45) is 11.3 Å². The molecule has 1 aliphatic heterocycles. The van der Waals surface area contributed by atoms with E-state index in [9.17, 15) is 14.7 Å². The maximum absolute atomic E-state index is 12.8. The molecule has 148 valence electrons. The molecule has 0 spiro atoms. The van der Waals surface area contributed by atoms with E-state index in [4.69, 9.17) is 0 Å². The lowest BCUT2D eigenvalue weighted by atomic mass is 9.64. The lowest BCUT2D eigenvalue weighted by molar-refractivity contribution is -0.152. The topological polar surface area (TPSA) is 99.2 Å². The van der Waals surface area contributed by atoms with Gasteiger partial charge in [-0.1, -0.05) is 30.3 Å². The summed E-state index contributed by atoms with van der Waals surface area (Å²) in [5.74, 6) is 0.951. The Kier molecular flexibility index (Phi) is 4.91. The lowest BCUT2D eigenvalue weighted by Gasteiger charge is -2.38. The average Bonchev–Trinajstić information content (AvgIpc) is 3.30. The number of nitrogens with zero attached hydrogens (tertiary/aromatic N) is 3. The molecule has 1 aromatic carbocycles. The molecule has 2 heterocycles. The van der Waals surface area contributed by atoms with E-state index in [2.05, 4.69) is 27.3 Å². The lowest BCUT2D eigenvalue weighted by Crippen LogP contribution is -2.43. The summed E-state index contributed by atoms with van der Waals surface area (Å²) in [6.07, 6.45) is 3.07. The van der Waals surface area contributed by atoms with Gasteiger partial charge in [0.15, 0.2) is 5.82 Å². The second-order valence-corrected chi connectivity index (χ2v) is 8.15. The highest BCUT2D eigenvalue weighted by Crippen LogP contribution is 2.51. The van der Waals surface area contributed by atoms with Gasteiger partial charge in [0, 0.05) is 25.9 Å². The second-order valence-electron chi connectivity index (χ2n) is 8.15. The summed E-state index contributed by atoms with van der Waals surface area (Å²) in [7, 11) is 0. The van der Waals surface area contributed by atoms with E-state index in [1.807, 2.05) is 25.1 Å². The third-order valence-corrected chi connectivity index (χ3v) is 6.46. The molecule has 2 fully saturated rings. The van der Waals surface area contributed by atoms with Crippen LogP contribution in [0.5, 0.6) is 0 Å². The number of H-pyrrole nitrogens is 1. The Hall–Kier alpha value is -2.70. The number of hydrogen-bond acceptors (Lipinski definition) is 4. The number of amides is 1. The van der Waals surface area contributed by atoms with Crippen LogP contribution in [0.15, 0.2) is 30.3 Å². The molecule has 1 saturated carbocycles. The van der Waals surface area contributed by atoms with Crippen LogP contribution in [-0.2, 0) is 16.0 Å². The van der Waals surface area contributed by atoms with Gasteiger partial charge >= 0.3 is 5.97 Å². The first kappa shape index (κ1) is 18.7. The number of likely N-dealkylation sites (tertiary alicyclic amines) is 1. The largest absolute Gasteiger partial charge is 0.481 e. The molecular weight excluding hydrogens is 356 g/mol. The number of nitrogens with one attached hydrogen (secondary N) is 1. The molecule has 7 heteroatoms. The number of carbonyl (C=O) groups is 2. The zero-order chi connectivity index (χ0) is 19.7. The van der Waals surface area contributed by atoms with E-state index in [0.29, 0.717) is 44.1 Å². The molecule has 4 rings (SSSR count). The number of rotatable bonds is 5. The van der Waals surface area contributed by atoms with Crippen molar-refractivity contribution < 1.29 is 14.7 Å². The van der Waals surface area contributed by atoms with Gasteiger partial charge in [0.25, 0.3) is 0 Å². The first-order valence-electron chi connectivity index (χ1n) is 9.92. The van der Waals surface area contributed by atoms with Gasteiger partial charge in [-0.25, -0.2) is 4.98 Å². The average molecular weight is 382 g/mol. The zero-order valence-electron chi connectivity index (χ0n) is 16.1.